The second-order valence-corrected chi connectivity index (χ2v) is 2.95. The van der Waals surface area contributed by atoms with Crippen LogP contribution in [-0.2, 0) is 0 Å². The summed E-state index contributed by atoms with van der Waals surface area (Å²) in [6, 6.07) is -0.148. The molecule has 12 heavy (non-hydrogen) atoms. The van der Waals surface area contributed by atoms with Gasteiger partial charge in [0.05, 0.1) is 4.99 Å². The molecule has 0 saturated carbocycles. The Kier molecular flexibility index (Phi) is 6.37. The van der Waals surface area contributed by atoms with Crippen LogP contribution in [0.5, 0.6) is 0 Å². The van der Waals surface area contributed by atoms with Crippen molar-refractivity contribution >= 4 is 23.2 Å². The third-order valence-electron chi connectivity index (χ3n) is 1.36. The van der Waals surface area contributed by atoms with Crippen LogP contribution in [0.2, 0.25) is 0 Å². The van der Waals surface area contributed by atoms with Gasteiger partial charge in [0, 0.05) is 13.6 Å². The van der Waals surface area contributed by atoms with E-state index in [0.717, 1.165) is 19.3 Å². The number of amides is 2. The summed E-state index contributed by atoms with van der Waals surface area (Å²) in [4.78, 5) is 11.2. The maximum Gasteiger partial charge on any atom is 0.314 e. The maximum absolute atomic E-state index is 10.6. The number of hydrogen-bond acceptors (Lipinski definition) is 2. The zero-order valence-electron chi connectivity index (χ0n) is 7.22. The van der Waals surface area contributed by atoms with Gasteiger partial charge in [-0.3, -0.25) is 0 Å². The molecule has 0 aromatic heterocycles. The minimum absolute atomic E-state index is 0.148. The second-order valence-electron chi connectivity index (χ2n) is 2.43. The molecule has 0 heterocycles. The summed E-state index contributed by atoms with van der Waals surface area (Å²) in [5, 5.41) is 5.14. The lowest BCUT2D eigenvalue weighted by atomic mass is 10.2. The predicted octanol–water partition coefficient (Wildman–Crippen LogP) is 0.372. The number of urea groups is 1. The van der Waals surface area contributed by atoms with Crippen LogP contribution >= 0.6 is 12.2 Å². The molecule has 0 aromatic carbocycles. The Hall–Kier alpha value is -0.840. The Morgan fingerprint density at radius 1 is 1.50 bits per heavy atom. The van der Waals surface area contributed by atoms with Crippen LogP contribution in [0, 0.1) is 0 Å². The quantitative estimate of drug-likeness (QED) is 0.432. The van der Waals surface area contributed by atoms with E-state index in [1.807, 2.05) is 0 Å². The van der Waals surface area contributed by atoms with Gasteiger partial charge in [0.1, 0.15) is 0 Å². The van der Waals surface area contributed by atoms with E-state index in [9.17, 15) is 4.79 Å². The molecule has 0 aliphatic rings. The van der Waals surface area contributed by atoms with Gasteiger partial charge in [0.15, 0.2) is 0 Å². The fourth-order valence-corrected chi connectivity index (χ4v) is 0.859. The topological polar surface area (TPSA) is 67.2 Å². The Morgan fingerprint density at radius 2 is 2.17 bits per heavy atom. The smallest absolute Gasteiger partial charge is 0.314 e. The van der Waals surface area contributed by atoms with Crippen LogP contribution in [0.25, 0.3) is 0 Å². The van der Waals surface area contributed by atoms with Crippen molar-refractivity contribution in [3.63, 3.8) is 0 Å². The number of unbranched alkanes of at least 4 members (excludes halogenated alkanes) is 1. The standard InChI is InChI=1S/C7H15N3OS/c1-9-7(11)10-5-3-2-4-6(8)12/h2-5H2,1H3,(H2,8,12)(H2,9,10,11). The van der Waals surface area contributed by atoms with Crippen molar-refractivity contribution in [3.8, 4) is 0 Å². The fraction of sp³-hybridized carbons (Fsp3) is 0.714. The highest BCUT2D eigenvalue weighted by molar-refractivity contribution is 7.80. The summed E-state index contributed by atoms with van der Waals surface area (Å²) >= 11 is 4.70. The molecule has 0 bridgehead atoms. The molecule has 0 aromatic rings. The van der Waals surface area contributed by atoms with Crippen LogP contribution in [0.4, 0.5) is 4.79 Å². The van der Waals surface area contributed by atoms with Crippen molar-refractivity contribution in [2.45, 2.75) is 19.3 Å². The number of nitrogens with one attached hydrogen (secondary N) is 2. The minimum Gasteiger partial charge on any atom is -0.393 e. The van der Waals surface area contributed by atoms with Gasteiger partial charge in [-0.05, 0) is 19.3 Å². The van der Waals surface area contributed by atoms with E-state index < -0.39 is 0 Å². The van der Waals surface area contributed by atoms with E-state index in [1.54, 1.807) is 7.05 Å². The van der Waals surface area contributed by atoms with Crippen molar-refractivity contribution in [1.29, 1.82) is 0 Å². The van der Waals surface area contributed by atoms with Crippen molar-refractivity contribution in [2.24, 2.45) is 5.73 Å². The molecule has 0 rings (SSSR count). The monoisotopic (exact) mass is 189 g/mol. The number of hydrogen-bond donors (Lipinski definition) is 3. The molecule has 4 N–H and O–H groups in total. The zero-order valence-corrected chi connectivity index (χ0v) is 8.04. The van der Waals surface area contributed by atoms with Crippen molar-refractivity contribution in [3.05, 3.63) is 0 Å². The summed E-state index contributed by atoms with van der Waals surface area (Å²) in [6.45, 7) is 0.669. The fourth-order valence-electron chi connectivity index (χ4n) is 0.715. The first-order chi connectivity index (χ1) is 5.66. The van der Waals surface area contributed by atoms with E-state index in [1.165, 1.54) is 0 Å². The third kappa shape index (κ3) is 7.27. The van der Waals surface area contributed by atoms with Crippen LogP contribution in [0.1, 0.15) is 19.3 Å². The highest BCUT2D eigenvalue weighted by Crippen LogP contribution is 1.93. The van der Waals surface area contributed by atoms with Gasteiger partial charge in [-0.1, -0.05) is 12.2 Å². The Bertz CT molecular complexity index is 161. The van der Waals surface area contributed by atoms with Gasteiger partial charge in [-0.2, -0.15) is 0 Å². The van der Waals surface area contributed by atoms with E-state index in [2.05, 4.69) is 10.6 Å². The highest BCUT2D eigenvalue weighted by Gasteiger charge is 1.94. The van der Waals surface area contributed by atoms with Crippen molar-refractivity contribution in [1.82, 2.24) is 10.6 Å². The summed E-state index contributed by atoms with van der Waals surface area (Å²) in [5.41, 5.74) is 5.29. The molecule has 4 nitrogen and oxygen atoms in total. The number of nitrogens with two attached hydrogens (primary N) is 1. The van der Waals surface area contributed by atoms with Crippen molar-refractivity contribution in [2.75, 3.05) is 13.6 Å². The maximum atomic E-state index is 10.6. The molecule has 0 spiro atoms. The summed E-state index contributed by atoms with van der Waals surface area (Å²) in [5.74, 6) is 0. The average molecular weight is 189 g/mol. The molecular formula is C7H15N3OS. The Morgan fingerprint density at radius 3 is 2.67 bits per heavy atom. The van der Waals surface area contributed by atoms with Crippen LogP contribution in [0.15, 0.2) is 0 Å². The Balaban J connectivity index is 3.11. The summed E-state index contributed by atoms with van der Waals surface area (Å²) in [6.07, 6.45) is 2.59. The normalized spacial score (nSPS) is 9.08. The molecule has 2 amide bonds. The molecule has 0 aliphatic carbocycles. The minimum atomic E-state index is -0.148. The van der Waals surface area contributed by atoms with Crippen LogP contribution < -0.4 is 16.4 Å². The van der Waals surface area contributed by atoms with Gasteiger partial charge in [-0.25, -0.2) is 4.79 Å². The van der Waals surface area contributed by atoms with E-state index in [0.29, 0.717) is 11.5 Å². The second kappa shape index (κ2) is 6.84. The number of carbonyl (C=O) groups is 1. The number of thiocarbonyl (C=S) groups is 1. The summed E-state index contributed by atoms with van der Waals surface area (Å²) < 4.78 is 0. The number of rotatable bonds is 5. The van der Waals surface area contributed by atoms with E-state index in [-0.39, 0.29) is 6.03 Å². The van der Waals surface area contributed by atoms with E-state index in [4.69, 9.17) is 18.0 Å². The lowest BCUT2D eigenvalue weighted by Crippen LogP contribution is -2.33. The summed E-state index contributed by atoms with van der Waals surface area (Å²) in [7, 11) is 1.59. The SMILES string of the molecule is CNC(=O)NCCCCC(N)=S. The zero-order chi connectivity index (χ0) is 9.40. The molecule has 0 fully saturated rings. The molecule has 0 atom stereocenters. The average Bonchev–Trinajstić information content (AvgIpc) is 2.03. The third-order valence-corrected chi connectivity index (χ3v) is 1.57. The van der Waals surface area contributed by atoms with Gasteiger partial charge in [0.2, 0.25) is 0 Å². The van der Waals surface area contributed by atoms with Crippen molar-refractivity contribution < 1.29 is 4.79 Å². The van der Waals surface area contributed by atoms with Crippen LogP contribution in [-0.4, -0.2) is 24.6 Å². The van der Waals surface area contributed by atoms with Gasteiger partial charge in [-0.15, -0.1) is 0 Å². The molecule has 0 saturated heterocycles. The Labute approximate surface area is 77.9 Å². The molecular weight excluding hydrogens is 174 g/mol. The first-order valence-corrected chi connectivity index (χ1v) is 4.31. The first-order valence-electron chi connectivity index (χ1n) is 3.90. The lowest BCUT2D eigenvalue weighted by Gasteiger charge is -2.02. The van der Waals surface area contributed by atoms with Gasteiger partial charge >= 0.3 is 6.03 Å². The van der Waals surface area contributed by atoms with E-state index >= 15 is 0 Å². The predicted molar refractivity (Wildman–Crippen MR) is 53.1 cm³/mol. The number of carbonyl (C=O) groups excluding carboxylic acids is 1. The largest absolute Gasteiger partial charge is 0.393 e. The molecule has 0 unspecified atom stereocenters. The van der Waals surface area contributed by atoms with Gasteiger partial charge in [0.25, 0.3) is 0 Å². The van der Waals surface area contributed by atoms with Gasteiger partial charge < -0.3 is 16.4 Å². The molecule has 0 aliphatic heterocycles. The van der Waals surface area contributed by atoms with Crippen LogP contribution in [0.3, 0.4) is 0 Å². The molecule has 0 radical (unpaired) electrons. The lowest BCUT2D eigenvalue weighted by molar-refractivity contribution is 0.242. The molecule has 5 heteroatoms. The highest BCUT2D eigenvalue weighted by atomic mass is 32.1. The molecule has 70 valence electrons. The first kappa shape index (κ1) is 11.2.